The Labute approximate surface area is 69.6 Å². The molecule has 0 aliphatic heterocycles. The molecular formula is C9H7ClO. The highest BCUT2D eigenvalue weighted by molar-refractivity contribution is 6.31. The van der Waals surface area contributed by atoms with Crippen LogP contribution in [0.2, 0.25) is 5.02 Å². The summed E-state index contributed by atoms with van der Waals surface area (Å²) in [6.45, 7) is 1.94. The predicted octanol–water partition coefficient (Wildman–Crippen LogP) is 3.39. The summed E-state index contributed by atoms with van der Waals surface area (Å²) in [5.74, 6) is 0.941. The van der Waals surface area contributed by atoms with Gasteiger partial charge in [-0.25, -0.2) is 0 Å². The summed E-state index contributed by atoms with van der Waals surface area (Å²) in [6.07, 6.45) is 1.72. The molecule has 2 heteroatoms. The minimum absolute atomic E-state index is 0.748. The van der Waals surface area contributed by atoms with Gasteiger partial charge in [0.2, 0.25) is 0 Å². The third-order valence-electron chi connectivity index (χ3n) is 1.76. The summed E-state index contributed by atoms with van der Waals surface area (Å²) in [4.78, 5) is 0. The number of aryl methyl sites for hydroxylation is 1. The number of rotatable bonds is 0. The second-order valence-corrected chi connectivity index (χ2v) is 2.96. The second-order valence-electron chi connectivity index (χ2n) is 2.52. The molecule has 1 aromatic heterocycles. The number of benzene rings is 1. The van der Waals surface area contributed by atoms with Gasteiger partial charge in [0.15, 0.2) is 0 Å². The number of halogens is 1. The zero-order valence-electron chi connectivity index (χ0n) is 6.10. The van der Waals surface area contributed by atoms with Gasteiger partial charge in [-0.1, -0.05) is 11.6 Å². The molecule has 11 heavy (non-hydrogen) atoms. The van der Waals surface area contributed by atoms with Crippen molar-refractivity contribution in [1.29, 1.82) is 0 Å². The summed E-state index contributed by atoms with van der Waals surface area (Å²) < 4.78 is 5.21. The van der Waals surface area contributed by atoms with E-state index in [0.717, 1.165) is 21.6 Å². The number of fused-ring (bicyclic) bond motifs is 1. The zero-order chi connectivity index (χ0) is 7.84. The molecule has 0 radical (unpaired) electrons. The van der Waals surface area contributed by atoms with Crippen LogP contribution in [0.3, 0.4) is 0 Å². The molecule has 0 amide bonds. The van der Waals surface area contributed by atoms with Gasteiger partial charge < -0.3 is 4.42 Å². The van der Waals surface area contributed by atoms with Crippen LogP contribution in [0.15, 0.2) is 28.9 Å². The predicted molar refractivity (Wildman–Crippen MR) is 46.0 cm³/mol. The van der Waals surface area contributed by atoms with Crippen LogP contribution in [0.4, 0.5) is 0 Å². The Balaban J connectivity index is 2.86. The molecule has 2 rings (SSSR count). The van der Waals surface area contributed by atoms with E-state index in [0.29, 0.717) is 0 Å². The minimum Gasteiger partial charge on any atom is -0.468 e. The first kappa shape index (κ1) is 6.74. The third-order valence-corrected chi connectivity index (χ3v) is 1.99. The van der Waals surface area contributed by atoms with Gasteiger partial charge in [-0.05, 0) is 25.1 Å². The first-order valence-corrected chi connectivity index (χ1v) is 3.78. The summed E-state index contributed by atoms with van der Waals surface area (Å²) in [5.41, 5.74) is 0. The lowest BCUT2D eigenvalue weighted by Gasteiger charge is -1.89. The second kappa shape index (κ2) is 2.28. The molecule has 0 spiro atoms. The Morgan fingerprint density at radius 3 is 3.00 bits per heavy atom. The lowest BCUT2D eigenvalue weighted by atomic mass is 10.2. The minimum atomic E-state index is 0.748. The molecule has 56 valence electrons. The van der Waals surface area contributed by atoms with Gasteiger partial charge in [-0.3, -0.25) is 0 Å². The fourth-order valence-corrected chi connectivity index (χ4v) is 1.35. The number of hydrogen-bond donors (Lipinski definition) is 0. The normalized spacial score (nSPS) is 10.7. The van der Waals surface area contributed by atoms with Crippen molar-refractivity contribution in [2.75, 3.05) is 0 Å². The topological polar surface area (TPSA) is 13.1 Å². The number of hydrogen-bond acceptors (Lipinski definition) is 1. The average Bonchev–Trinajstić information content (AvgIpc) is 2.32. The van der Waals surface area contributed by atoms with E-state index in [1.165, 1.54) is 0 Å². The third kappa shape index (κ3) is 1.02. The smallest absolute Gasteiger partial charge is 0.108 e. The van der Waals surface area contributed by atoms with E-state index in [1.807, 2.05) is 25.1 Å². The molecule has 0 atom stereocenters. The molecule has 1 heterocycles. The van der Waals surface area contributed by atoms with Crippen molar-refractivity contribution in [3.05, 3.63) is 35.2 Å². The van der Waals surface area contributed by atoms with Crippen molar-refractivity contribution in [1.82, 2.24) is 0 Å². The first-order valence-electron chi connectivity index (χ1n) is 3.41. The van der Waals surface area contributed by atoms with Crippen LogP contribution in [-0.2, 0) is 0 Å². The van der Waals surface area contributed by atoms with Crippen LogP contribution >= 0.6 is 11.6 Å². The van der Waals surface area contributed by atoms with E-state index in [1.54, 1.807) is 6.26 Å². The molecule has 0 saturated carbocycles. The van der Waals surface area contributed by atoms with Gasteiger partial charge in [0, 0.05) is 15.8 Å². The lowest BCUT2D eigenvalue weighted by Crippen LogP contribution is -1.66. The summed E-state index contributed by atoms with van der Waals surface area (Å²) in [6, 6.07) is 5.73. The standard InChI is InChI=1S/C9H7ClO/c1-6-9-3-2-8(10)4-7(9)5-11-6/h2-5H,1H3. The molecule has 0 saturated heterocycles. The van der Waals surface area contributed by atoms with Gasteiger partial charge >= 0.3 is 0 Å². The maximum absolute atomic E-state index is 5.79. The summed E-state index contributed by atoms with van der Waals surface area (Å²) in [5, 5.41) is 2.95. The SMILES string of the molecule is Cc1occ2cc(Cl)ccc12. The van der Waals surface area contributed by atoms with Crippen LogP contribution in [0, 0.1) is 6.92 Å². The van der Waals surface area contributed by atoms with E-state index < -0.39 is 0 Å². The van der Waals surface area contributed by atoms with Crippen LogP contribution in [0.5, 0.6) is 0 Å². The maximum Gasteiger partial charge on any atom is 0.108 e. The molecule has 0 fully saturated rings. The van der Waals surface area contributed by atoms with Crippen molar-refractivity contribution >= 4 is 22.4 Å². The van der Waals surface area contributed by atoms with Crippen molar-refractivity contribution in [2.24, 2.45) is 0 Å². The molecule has 1 nitrogen and oxygen atoms in total. The molecule has 0 unspecified atom stereocenters. The highest BCUT2D eigenvalue weighted by atomic mass is 35.5. The molecule has 0 N–H and O–H groups in total. The van der Waals surface area contributed by atoms with Crippen molar-refractivity contribution in [2.45, 2.75) is 6.92 Å². The zero-order valence-corrected chi connectivity index (χ0v) is 6.85. The van der Waals surface area contributed by atoms with E-state index in [-0.39, 0.29) is 0 Å². The molecule has 2 aromatic rings. The van der Waals surface area contributed by atoms with Crippen molar-refractivity contribution < 1.29 is 4.42 Å². The van der Waals surface area contributed by atoms with Gasteiger partial charge in [0.05, 0.1) is 6.26 Å². The Hall–Kier alpha value is -0.950. The van der Waals surface area contributed by atoms with E-state index in [2.05, 4.69) is 0 Å². The quantitative estimate of drug-likeness (QED) is 0.585. The van der Waals surface area contributed by atoms with Gasteiger partial charge in [0.1, 0.15) is 5.76 Å². The highest BCUT2D eigenvalue weighted by Gasteiger charge is 2.00. The highest BCUT2D eigenvalue weighted by Crippen LogP contribution is 2.23. The van der Waals surface area contributed by atoms with E-state index in [4.69, 9.17) is 16.0 Å². The Morgan fingerprint density at radius 1 is 1.36 bits per heavy atom. The Kier molecular flexibility index (Phi) is 1.40. The van der Waals surface area contributed by atoms with Crippen LogP contribution in [-0.4, -0.2) is 0 Å². The Bertz CT molecular complexity index is 389. The van der Waals surface area contributed by atoms with Crippen LogP contribution in [0.1, 0.15) is 5.76 Å². The molecule has 0 bridgehead atoms. The first-order chi connectivity index (χ1) is 5.27. The van der Waals surface area contributed by atoms with E-state index >= 15 is 0 Å². The van der Waals surface area contributed by atoms with Crippen molar-refractivity contribution in [3.8, 4) is 0 Å². The molecule has 0 aliphatic rings. The summed E-state index contributed by atoms with van der Waals surface area (Å²) in [7, 11) is 0. The maximum atomic E-state index is 5.79. The average molecular weight is 167 g/mol. The van der Waals surface area contributed by atoms with Crippen LogP contribution in [0.25, 0.3) is 10.8 Å². The fourth-order valence-electron chi connectivity index (χ4n) is 1.17. The van der Waals surface area contributed by atoms with E-state index in [9.17, 15) is 0 Å². The largest absolute Gasteiger partial charge is 0.468 e. The molecular weight excluding hydrogens is 160 g/mol. The molecule has 1 aromatic carbocycles. The monoisotopic (exact) mass is 166 g/mol. The van der Waals surface area contributed by atoms with Gasteiger partial charge in [0.25, 0.3) is 0 Å². The fraction of sp³-hybridized carbons (Fsp3) is 0.111. The van der Waals surface area contributed by atoms with Gasteiger partial charge in [-0.15, -0.1) is 0 Å². The van der Waals surface area contributed by atoms with Gasteiger partial charge in [-0.2, -0.15) is 0 Å². The van der Waals surface area contributed by atoms with Crippen molar-refractivity contribution in [3.63, 3.8) is 0 Å². The Morgan fingerprint density at radius 2 is 2.18 bits per heavy atom. The van der Waals surface area contributed by atoms with Crippen LogP contribution < -0.4 is 0 Å². The number of furan rings is 1. The molecule has 0 aliphatic carbocycles. The lowest BCUT2D eigenvalue weighted by molar-refractivity contribution is 0.540. The summed E-state index contributed by atoms with van der Waals surface area (Å²) >= 11 is 5.79.